The fourth-order valence-electron chi connectivity index (χ4n) is 2.43. The van der Waals surface area contributed by atoms with Crippen LogP contribution in [0.5, 0.6) is 0 Å². The minimum Gasteiger partial charge on any atom is -0.338 e. The second-order valence-electron chi connectivity index (χ2n) is 6.45. The molecular formula is C19H20N4O3S2. The number of carbonyl (C=O) groups excluding carboxylic acids is 2. The van der Waals surface area contributed by atoms with Gasteiger partial charge in [0.2, 0.25) is 5.91 Å². The van der Waals surface area contributed by atoms with Crippen molar-refractivity contribution in [1.82, 2.24) is 20.2 Å². The SMILES string of the molecule is CC(C)CNC(=O)NC(=O)CSc1nc2sccc2c(=O)n1-c1ccccc1. The topological polar surface area (TPSA) is 93.1 Å². The van der Waals surface area contributed by atoms with Crippen LogP contribution in [-0.4, -0.2) is 33.8 Å². The van der Waals surface area contributed by atoms with Gasteiger partial charge in [-0.2, -0.15) is 0 Å². The number of imide groups is 1. The van der Waals surface area contributed by atoms with E-state index >= 15 is 0 Å². The zero-order valence-corrected chi connectivity index (χ0v) is 17.1. The van der Waals surface area contributed by atoms with Crippen LogP contribution in [0.1, 0.15) is 13.8 Å². The molecule has 0 aliphatic rings. The van der Waals surface area contributed by atoms with Crippen LogP contribution < -0.4 is 16.2 Å². The van der Waals surface area contributed by atoms with Crippen molar-refractivity contribution < 1.29 is 9.59 Å². The van der Waals surface area contributed by atoms with Gasteiger partial charge >= 0.3 is 6.03 Å². The molecule has 0 aliphatic heterocycles. The molecule has 2 aromatic heterocycles. The molecule has 0 saturated carbocycles. The Morgan fingerprint density at radius 2 is 1.96 bits per heavy atom. The zero-order valence-electron chi connectivity index (χ0n) is 15.5. The van der Waals surface area contributed by atoms with Crippen LogP contribution in [-0.2, 0) is 4.79 Å². The van der Waals surface area contributed by atoms with Crippen molar-refractivity contribution in [3.63, 3.8) is 0 Å². The molecule has 3 amide bonds. The van der Waals surface area contributed by atoms with E-state index in [0.717, 1.165) is 11.8 Å². The van der Waals surface area contributed by atoms with Gasteiger partial charge in [-0.1, -0.05) is 43.8 Å². The van der Waals surface area contributed by atoms with Crippen molar-refractivity contribution >= 4 is 45.3 Å². The van der Waals surface area contributed by atoms with Gasteiger partial charge in [-0.3, -0.25) is 19.5 Å². The van der Waals surface area contributed by atoms with Crippen molar-refractivity contribution in [2.45, 2.75) is 19.0 Å². The molecule has 0 saturated heterocycles. The van der Waals surface area contributed by atoms with Gasteiger partial charge in [0.05, 0.1) is 16.8 Å². The monoisotopic (exact) mass is 416 g/mol. The van der Waals surface area contributed by atoms with E-state index in [4.69, 9.17) is 0 Å². The number of hydrogen-bond donors (Lipinski definition) is 2. The molecule has 7 nitrogen and oxygen atoms in total. The number of hydrogen-bond acceptors (Lipinski definition) is 6. The molecule has 0 bridgehead atoms. The Kier molecular flexibility index (Phi) is 6.48. The van der Waals surface area contributed by atoms with Crippen LogP contribution in [0.25, 0.3) is 15.9 Å². The van der Waals surface area contributed by atoms with Crippen LogP contribution in [0, 0.1) is 5.92 Å². The summed E-state index contributed by atoms with van der Waals surface area (Å²) in [6.07, 6.45) is 0. The average molecular weight is 417 g/mol. The maximum atomic E-state index is 12.9. The lowest BCUT2D eigenvalue weighted by Crippen LogP contribution is -2.41. The summed E-state index contributed by atoms with van der Waals surface area (Å²) in [5.74, 6) is -0.200. The van der Waals surface area contributed by atoms with Crippen molar-refractivity contribution in [3.05, 3.63) is 52.1 Å². The van der Waals surface area contributed by atoms with Gasteiger partial charge in [-0.25, -0.2) is 9.78 Å². The molecule has 9 heteroatoms. The number of thioether (sulfide) groups is 1. The third kappa shape index (κ3) is 4.79. The molecule has 3 rings (SSSR count). The molecule has 28 heavy (non-hydrogen) atoms. The molecule has 0 fully saturated rings. The zero-order chi connectivity index (χ0) is 20.1. The average Bonchev–Trinajstić information content (AvgIpc) is 3.14. The summed E-state index contributed by atoms with van der Waals surface area (Å²) in [7, 11) is 0. The summed E-state index contributed by atoms with van der Waals surface area (Å²) >= 11 is 2.49. The largest absolute Gasteiger partial charge is 0.338 e. The quantitative estimate of drug-likeness (QED) is 0.476. The second-order valence-corrected chi connectivity index (χ2v) is 8.29. The number of nitrogens with zero attached hydrogens (tertiary/aromatic N) is 2. The molecule has 0 aliphatic carbocycles. The first-order chi connectivity index (χ1) is 13.5. The highest BCUT2D eigenvalue weighted by molar-refractivity contribution is 7.99. The fourth-order valence-corrected chi connectivity index (χ4v) is 4.05. The summed E-state index contributed by atoms with van der Waals surface area (Å²) < 4.78 is 1.49. The van der Waals surface area contributed by atoms with Crippen LogP contribution in [0.3, 0.4) is 0 Å². The molecule has 3 aromatic rings. The number of rotatable bonds is 6. The van der Waals surface area contributed by atoms with Gasteiger partial charge in [0.1, 0.15) is 4.83 Å². The maximum absolute atomic E-state index is 12.9. The standard InChI is InChI=1S/C19H20N4O3S2/c1-12(2)10-20-18(26)21-15(24)11-28-19-22-16-14(8-9-27-16)17(25)23(19)13-6-4-3-5-7-13/h3-9,12H,10-11H2,1-2H3,(H2,20,21,24,26). The smallest absolute Gasteiger partial charge is 0.321 e. The fraction of sp³-hybridized carbons (Fsp3) is 0.263. The van der Waals surface area contributed by atoms with Gasteiger partial charge < -0.3 is 5.32 Å². The number of urea groups is 1. The summed E-state index contributed by atoms with van der Waals surface area (Å²) in [6.45, 7) is 4.41. The lowest BCUT2D eigenvalue weighted by molar-refractivity contribution is -0.117. The minimum absolute atomic E-state index is 0.0365. The Hall–Kier alpha value is -2.65. The first-order valence-electron chi connectivity index (χ1n) is 8.72. The van der Waals surface area contributed by atoms with E-state index in [-0.39, 0.29) is 17.2 Å². The number of amides is 3. The van der Waals surface area contributed by atoms with E-state index in [9.17, 15) is 14.4 Å². The normalized spacial score (nSPS) is 11.0. The molecule has 0 radical (unpaired) electrons. The molecule has 0 unspecified atom stereocenters. The number of aromatic nitrogens is 2. The van der Waals surface area contributed by atoms with Crippen LogP contribution >= 0.6 is 23.1 Å². The van der Waals surface area contributed by atoms with Crippen molar-refractivity contribution in [1.29, 1.82) is 0 Å². The predicted molar refractivity (Wildman–Crippen MR) is 112 cm³/mol. The number of fused-ring (bicyclic) bond motifs is 1. The number of benzene rings is 1. The Morgan fingerprint density at radius 3 is 2.68 bits per heavy atom. The minimum atomic E-state index is -0.526. The Bertz CT molecular complexity index is 1040. The Balaban J connectivity index is 1.80. The van der Waals surface area contributed by atoms with Gasteiger partial charge in [-0.05, 0) is 29.5 Å². The molecule has 0 spiro atoms. The highest BCUT2D eigenvalue weighted by atomic mass is 32.2. The Morgan fingerprint density at radius 1 is 1.21 bits per heavy atom. The summed E-state index contributed by atoms with van der Waals surface area (Å²) in [5.41, 5.74) is 0.487. The number of thiophene rings is 1. The van der Waals surface area contributed by atoms with Crippen LogP contribution in [0.2, 0.25) is 0 Å². The molecular weight excluding hydrogens is 396 g/mol. The van der Waals surface area contributed by atoms with Crippen molar-refractivity contribution in [3.8, 4) is 5.69 Å². The lowest BCUT2D eigenvalue weighted by Gasteiger charge is -2.12. The van der Waals surface area contributed by atoms with Gasteiger partial charge in [0.15, 0.2) is 5.16 Å². The van der Waals surface area contributed by atoms with E-state index in [0.29, 0.717) is 27.6 Å². The number of nitrogens with one attached hydrogen (secondary N) is 2. The van der Waals surface area contributed by atoms with E-state index in [1.165, 1.54) is 15.9 Å². The summed E-state index contributed by atoms with van der Waals surface area (Å²) in [5, 5.41) is 7.68. The van der Waals surface area contributed by atoms with Crippen LogP contribution in [0.4, 0.5) is 4.79 Å². The Labute approximate surface area is 170 Å². The van der Waals surface area contributed by atoms with Gasteiger partial charge in [0.25, 0.3) is 5.56 Å². The molecule has 0 atom stereocenters. The third-order valence-electron chi connectivity index (χ3n) is 3.74. The number of para-hydroxylation sites is 1. The third-order valence-corrected chi connectivity index (χ3v) is 5.48. The highest BCUT2D eigenvalue weighted by Crippen LogP contribution is 2.23. The van der Waals surface area contributed by atoms with Crippen LogP contribution in [0.15, 0.2) is 51.7 Å². The summed E-state index contributed by atoms with van der Waals surface area (Å²) in [6, 6.07) is 10.4. The first-order valence-corrected chi connectivity index (χ1v) is 10.6. The second kappa shape index (κ2) is 9.03. The van der Waals surface area contributed by atoms with Gasteiger partial charge in [0, 0.05) is 6.54 Å². The van der Waals surface area contributed by atoms with Crippen molar-refractivity contribution in [2.75, 3.05) is 12.3 Å². The first kappa shape index (κ1) is 20.1. The number of carbonyl (C=O) groups is 2. The van der Waals surface area contributed by atoms with E-state index < -0.39 is 11.9 Å². The van der Waals surface area contributed by atoms with E-state index in [1.54, 1.807) is 6.07 Å². The van der Waals surface area contributed by atoms with Crippen molar-refractivity contribution in [2.24, 2.45) is 5.92 Å². The summed E-state index contributed by atoms with van der Waals surface area (Å²) in [4.78, 5) is 41.9. The lowest BCUT2D eigenvalue weighted by atomic mass is 10.2. The van der Waals surface area contributed by atoms with E-state index in [1.807, 2.05) is 49.6 Å². The molecule has 2 heterocycles. The highest BCUT2D eigenvalue weighted by Gasteiger charge is 2.16. The predicted octanol–water partition coefficient (Wildman–Crippen LogP) is 3.02. The maximum Gasteiger partial charge on any atom is 0.321 e. The molecule has 1 aromatic carbocycles. The molecule has 146 valence electrons. The van der Waals surface area contributed by atoms with E-state index in [2.05, 4.69) is 15.6 Å². The molecule has 2 N–H and O–H groups in total. The van der Waals surface area contributed by atoms with Gasteiger partial charge in [-0.15, -0.1) is 11.3 Å².